The van der Waals surface area contributed by atoms with Crippen molar-refractivity contribution >= 4 is 23.5 Å². The van der Waals surface area contributed by atoms with Crippen LogP contribution in [0.3, 0.4) is 0 Å². The monoisotopic (exact) mass is 266 g/mol. The van der Waals surface area contributed by atoms with E-state index in [-0.39, 0.29) is 23.4 Å². The molecule has 0 radical (unpaired) electrons. The molecule has 2 rings (SSSR count). The van der Waals surface area contributed by atoms with Crippen molar-refractivity contribution in [1.29, 1.82) is 0 Å². The number of rotatable bonds is 3. The zero-order valence-electron chi connectivity index (χ0n) is 9.61. The molecule has 0 bridgehead atoms. The van der Waals surface area contributed by atoms with Crippen LogP contribution < -0.4 is 11.1 Å². The molecule has 2 aromatic heterocycles. The van der Waals surface area contributed by atoms with E-state index in [0.717, 1.165) is 0 Å². The van der Waals surface area contributed by atoms with Crippen LogP contribution in [-0.4, -0.2) is 15.9 Å². The lowest BCUT2D eigenvalue weighted by atomic mass is 10.4. The highest BCUT2D eigenvalue weighted by molar-refractivity contribution is 6.29. The number of furan rings is 1. The van der Waals surface area contributed by atoms with Crippen molar-refractivity contribution in [2.45, 2.75) is 13.5 Å². The number of anilines is 1. The second-order valence-electron chi connectivity index (χ2n) is 3.58. The maximum atomic E-state index is 11.8. The quantitative estimate of drug-likeness (QED) is 0.825. The van der Waals surface area contributed by atoms with Crippen molar-refractivity contribution in [3.05, 3.63) is 40.6 Å². The molecular weight excluding hydrogens is 256 g/mol. The average Bonchev–Trinajstić information content (AvgIpc) is 2.75. The van der Waals surface area contributed by atoms with E-state index in [0.29, 0.717) is 11.5 Å². The summed E-state index contributed by atoms with van der Waals surface area (Å²) in [5.41, 5.74) is 6.05. The number of aryl methyl sites for hydroxylation is 1. The molecule has 94 valence electrons. The lowest BCUT2D eigenvalue weighted by molar-refractivity contribution is 0.0994. The Bertz CT molecular complexity index is 562. The van der Waals surface area contributed by atoms with E-state index in [2.05, 4.69) is 15.3 Å². The molecule has 7 heteroatoms. The molecule has 0 saturated carbocycles. The number of halogens is 1. The number of carbonyl (C=O) groups is 1. The lowest BCUT2D eigenvalue weighted by Gasteiger charge is -2.02. The highest BCUT2D eigenvalue weighted by atomic mass is 35.5. The van der Waals surface area contributed by atoms with Crippen LogP contribution >= 0.6 is 11.6 Å². The molecule has 0 atom stereocenters. The van der Waals surface area contributed by atoms with Crippen LogP contribution in [0, 0.1) is 6.92 Å². The fraction of sp³-hybridized carbons (Fsp3) is 0.182. The molecule has 18 heavy (non-hydrogen) atoms. The molecule has 6 nitrogen and oxygen atoms in total. The molecule has 0 aromatic carbocycles. The topological polar surface area (TPSA) is 94.0 Å². The van der Waals surface area contributed by atoms with Crippen molar-refractivity contribution in [1.82, 2.24) is 9.97 Å². The van der Waals surface area contributed by atoms with Crippen molar-refractivity contribution < 1.29 is 9.21 Å². The van der Waals surface area contributed by atoms with Gasteiger partial charge in [0.1, 0.15) is 10.9 Å². The van der Waals surface area contributed by atoms with Gasteiger partial charge >= 0.3 is 0 Å². The molecule has 0 aliphatic rings. The maximum absolute atomic E-state index is 11.8. The van der Waals surface area contributed by atoms with E-state index in [1.807, 2.05) is 0 Å². The summed E-state index contributed by atoms with van der Waals surface area (Å²) in [6.45, 7) is 1.99. The Hall–Kier alpha value is -1.92. The van der Waals surface area contributed by atoms with E-state index in [1.165, 1.54) is 6.07 Å². The van der Waals surface area contributed by atoms with Gasteiger partial charge in [-0.15, -0.1) is 0 Å². The third-order valence-corrected chi connectivity index (χ3v) is 2.33. The van der Waals surface area contributed by atoms with E-state index < -0.39 is 5.91 Å². The minimum Gasteiger partial charge on any atom is -0.455 e. The summed E-state index contributed by atoms with van der Waals surface area (Å²) in [5, 5.41) is 2.76. The second kappa shape index (κ2) is 5.16. The maximum Gasteiger partial charge on any atom is 0.293 e. The Morgan fingerprint density at radius 2 is 2.28 bits per heavy atom. The van der Waals surface area contributed by atoms with Crippen LogP contribution in [0.2, 0.25) is 5.15 Å². The van der Waals surface area contributed by atoms with E-state index in [9.17, 15) is 4.79 Å². The normalized spacial score (nSPS) is 10.4. The van der Waals surface area contributed by atoms with Gasteiger partial charge in [0.25, 0.3) is 5.91 Å². The molecule has 2 heterocycles. The number of amides is 1. The van der Waals surface area contributed by atoms with Crippen molar-refractivity contribution in [3.8, 4) is 0 Å². The molecule has 0 unspecified atom stereocenters. The van der Waals surface area contributed by atoms with Gasteiger partial charge in [0.05, 0.1) is 6.54 Å². The Kier molecular flexibility index (Phi) is 3.59. The Balaban J connectivity index is 2.15. The fourth-order valence-electron chi connectivity index (χ4n) is 1.36. The highest BCUT2D eigenvalue weighted by Gasteiger charge is 2.12. The summed E-state index contributed by atoms with van der Waals surface area (Å²) < 4.78 is 5.20. The summed E-state index contributed by atoms with van der Waals surface area (Å²) >= 11 is 5.76. The third-order valence-electron chi connectivity index (χ3n) is 2.13. The van der Waals surface area contributed by atoms with Gasteiger partial charge in [0.2, 0.25) is 5.95 Å². The summed E-state index contributed by atoms with van der Waals surface area (Å²) in [7, 11) is 0. The predicted molar refractivity (Wildman–Crippen MR) is 66.3 cm³/mol. The number of hydrogen-bond donors (Lipinski definition) is 2. The van der Waals surface area contributed by atoms with Crippen LogP contribution in [-0.2, 0) is 6.54 Å². The molecule has 0 fully saturated rings. The molecule has 0 aliphatic carbocycles. The van der Waals surface area contributed by atoms with Gasteiger partial charge in [0, 0.05) is 5.69 Å². The van der Waals surface area contributed by atoms with Gasteiger partial charge in [-0.05, 0) is 25.1 Å². The fourth-order valence-corrected chi connectivity index (χ4v) is 1.60. The molecule has 3 N–H and O–H groups in total. The standard InChI is InChI=1S/C11H11ClN4O2/c1-6-4-9(12)15-11(14-6)16-10(17)8-3-2-7(5-13)18-8/h2-4H,5,13H2,1H3,(H,14,15,16,17). The van der Waals surface area contributed by atoms with Crippen LogP contribution in [0.25, 0.3) is 0 Å². The van der Waals surface area contributed by atoms with Crippen molar-refractivity contribution in [3.63, 3.8) is 0 Å². The first-order valence-electron chi connectivity index (χ1n) is 5.20. The second-order valence-corrected chi connectivity index (χ2v) is 3.97. The zero-order chi connectivity index (χ0) is 13.1. The van der Waals surface area contributed by atoms with Crippen molar-refractivity contribution in [2.75, 3.05) is 5.32 Å². The first-order valence-corrected chi connectivity index (χ1v) is 5.57. The number of aromatic nitrogens is 2. The molecular formula is C11H11ClN4O2. The van der Waals surface area contributed by atoms with E-state index >= 15 is 0 Å². The predicted octanol–water partition coefficient (Wildman–Crippen LogP) is 1.74. The minimum absolute atomic E-state index is 0.135. The van der Waals surface area contributed by atoms with Crippen LogP contribution in [0.1, 0.15) is 22.0 Å². The summed E-state index contributed by atoms with van der Waals surface area (Å²) in [6, 6.07) is 4.77. The number of nitrogens with one attached hydrogen (secondary N) is 1. The van der Waals surface area contributed by atoms with Gasteiger partial charge in [-0.25, -0.2) is 9.97 Å². The van der Waals surface area contributed by atoms with Crippen molar-refractivity contribution in [2.24, 2.45) is 5.73 Å². The Morgan fingerprint density at radius 1 is 1.50 bits per heavy atom. The average molecular weight is 267 g/mol. The van der Waals surface area contributed by atoms with E-state index in [4.69, 9.17) is 21.8 Å². The Morgan fingerprint density at radius 3 is 2.89 bits per heavy atom. The molecule has 0 spiro atoms. The van der Waals surface area contributed by atoms with Gasteiger partial charge in [-0.1, -0.05) is 11.6 Å². The number of carbonyl (C=O) groups excluding carboxylic acids is 1. The lowest BCUT2D eigenvalue weighted by Crippen LogP contribution is -2.13. The van der Waals surface area contributed by atoms with Gasteiger partial charge in [-0.2, -0.15) is 0 Å². The summed E-state index contributed by atoms with van der Waals surface area (Å²) in [6.07, 6.45) is 0. The highest BCUT2D eigenvalue weighted by Crippen LogP contribution is 2.12. The number of hydrogen-bond acceptors (Lipinski definition) is 5. The molecule has 0 aliphatic heterocycles. The molecule has 2 aromatic rings. The SMILES string of the molecule is Cc1cc(Cl)nc(NC(=O)c2ccc(CN)o2)n1. The largest absolute Gasteiger partial charge is 0.455 e. The summed E-state index contributed by atoms with van der Waals surface area (Å²) in [4.78, 5) is 19.7. The number of nitrogens with two attached hydrogens (primary N) is 1. The van der Waals surface area contributed by atoms with Gasteiger partial charge in [0.15, 0.2) is 5.76 Å². The first-order chi connectivity index (χ1) is 8.58. The van der Waals surface area contributed by atoms with Crippen LogP contribution in [0.4, 0.5) is 5.95 Å². The third kappa shape index (κ3) is 2.85. The zero-order valence-corrected chi connectivity index (χ0v) is 10.4. The van der Waals surface area contributed by atoms with Gasteiger partial charge < -0.3 is 10.2 Å². The van der Waals surface area contributed by atoms with Crippen LogP contribution in [0.15, 0.2) is 22.6 Å². The Labute approximate surface area is 108 Å². The first kappa shape index (κ1) is 12.5. The van der Waals surface area contributed by atoms with Gasteiger partial charge in [-0.3, -0.25) is 10.1 Å². The smallest absolute Gasteiger partial charge is 0.293 e. The molecule has 1 amide bonds. The summed E-state index contributed by atoms with van der Waals surface area (Å²) in [5.74, 6) is 0.368. The van der Waals surface area contributed by atoms with E-state index in [1.54, 1.807) is 19.1 Å². The molecule has 0 saturated heterocycles. The van der Waals surface area contributed by atoms with Crippen LogP contribution in [0.5, 0.6) is 0 Å². The minimum atomic E-state index is -0.448. The number of nitrogens with zero attached hydrogens (tertiary/aromatic N) is 2.